The van der Waals surface area contributed by atoms with E-state index < -0.39 is 20.2 Å². The van der Waals surface area contributed by atoms with Crippen LogP contribution in [0.2, 0.25) is 0 Å². The van der Waals surface area contributed by atoms with Gasteiger partial charge in [0.2, 0.25) is 10.0 Å². The minimum absolute atomic E-state index is 0.222. The minimum Gasteiger partial charge on any atom is -0.315 e. The second-order valence-corrected chi connectivity index (χ2v) is 8.98. The molecule has 2 fully saturated rings. The van der Waals surface area contributed by atoms with Gasteiger partial charge in [0.15, 0.2) is 0 Å². The molecule has 0 unspecified atom stereocenters. The maximum absolute atomic E-state index is 12.5. The fourth-order valence-electron chi connectivity index (χ4n) is 2.45. The van der Waals surface area contributed by atoms with E-state index in [4.69, 9.17) is 0 Å². The van der Waals surface area contributed by atoms with E-state index in [2.05, 4.69) is 5.32 Å². The first kappa shape index (κ1) is 16.1. The third-order valence-electron chi connectivity index (χ3n) is 3.62. The molecule has 2 heterocycles. The zero-order chi connectivity index (χ0) is 14.8. The normalized spacial score (nSPS) is 25.4. The Kier molecular flexibility index (Phi) is 5.03. The van der Waals surface area contributed by atoms with Gasteiger partial charge in [-0.05, 0) is 13.0 Å². The molecule has 10 heteroatoms. The summed E-state index contributed by atoms with van der Waals surface area (Å²) in [7, 11) is -6.71. The monoisotopic (exact) mass is 326 g/mol. The smallest absolute Gasteiger partial charge is 0.282 e. The fraction of sp³-hybridized carbons (Fsp3) is 1.00. The summed E-state index contributed by atoms with van der Waals surface area (Å²) < 4.78 is 52.1. The molecule has 0 atom stereocenters. The highest BCUT2D eigenvalue weighted by atomic mass is 32.2. The van der Waals surface area contributed by atoms with Crippen molar-refractivity contribution >= 4 is 20.2 Å². The molecule has 8 nitrogen and oxygen atoms in total. The van der Waals surface area contributed by atoms with Crippen LogP contribution in [-0.4, -0.2) is 88.4 Å². The summed E-state index contributed by atoms with van der Waals surface area (Å²) in [6.07, 6.45) is 1.94. The summed E-state index contributed by atoms with van der Waals surface area (Å²) in [5.41, 5.74) is 0. The lowest BCUT2D eigenvalue weighted by Crippen LogP contribution is -2.54. The van der Waals surface area contributed by atoms with Crippen LogP contribution in [0.25, 0.3) is 0 Å². The molecule has 2 aliphatic rings. The number of hydrogen-bond acceptors (Lipinski definition) is 5. The molecule has 0 aromatic heterocycles. The number of nitrogens with zero attached hydrogens (tertiary/aromatic N) is 3. The average molecular weight is 326 g/mol. The molecule has 0 spiro atoms. The molecule has 0 saturated carbocycles. The molecule has 0 aromatic rings. The summed E-state index contributed by atoms with van der Waals surface area (Å²) in [5, 5.41) is 3.17. The second-order valence-electron chi connectivity index (χ2n) is 5.07. The fourth-order valence-corrected chi connectivity index (χ4v) is 4.91. The van der Waals surface area contributed by atoms with Gasteiger partial charge in [0, 0.05) is 45.8 Å². The molecule has 0 aromatic carbocycles. The third-order valence-corrected chi connectivity index (χ3v) is 6.96. The van der Waals surface area contributed by atoms with Crippen molar-refractivity contribution in [1.29, 1.82) is 0 Å². The minimum atomic E-state index is -3.47. The van der Waals surface area contributed by atoms with E-state index in [-0.39, 0.29) is 26.2 Å². The van der Waals surface area contributed by atoms with Crippen LogP contribution in [0.15, 0.2) is 0 Å². The Hall–Kier alpha value is -0.260. The molecule has 2 aliphatic heterocycles. The molecule has 2 rings (SSSR count). The highest BCUT2D eigenvalue weighted by molar-refractivity contribution is 7.88. The maximum atomic E-state index is 12.5. The lowest BCUT2D eigenvalue weighted by molar-refractivity contribution is 0.256. The van der Waals surface area contributed by atoms with Gasteiger partial charge in [-0.2, -0.15) is 21.3 Å². The highest BCUT2D eigenvalue weighted by Crippen LogP contribution is 2.14. The Bertz CT molecular complexity index is 517. The van der Waals surface area contributed by atoms with E-state index >= 15 is 0 Å². The molecule has 2 saturated heterocycles. The van der Waals surface area contributed by atoms with E-state index in [1.54, 1.807) is 0 Å². The summed E-state index contributed by atoms with van der Waals surface area (Å²) >= 11 is 0. The van der Waals surface area contributed by atoms with Crippen LogP contribution in [0, 0.1) is 0 Å². The Morgan fingerprint density at radius 2 is 1.30 bits per heavy atom. The number of nitrogens with one attached hydrogen (secondary N) is 1. The lowest BCUT2D eigenvalue weighted by Gasteiger charge is -2.35. The van der Waals surface area contributed by atoms with Gasteiger partial charge < -0.3 is 5.32 Å². The first-order valence-electron chi connectivity index (χ1n) is 6.73. The van der Waals surface area contributed by atoms with Gasteiger partial charge in [-0.15, -0.1) is 0 Å². The molecular formula is C10H22N4O4S2. The topological polar surface area (TPSA) is 90.0 Å². The van der Waals surface area contributed by atoms with Gasteiger partial charge >= 0.3 is 0 Å². The molecule has 118 valence electrons. The summed E-state index contributed by atoms with van der Waals surface area (Å²) in [6.45, 7) is 3.36. The molecule has 0 bridgehead atoms. The van der Waals surface area contributed by atoms with E-state index in [1.165, 1.54) is 12.9 Å². The molecule has 0 amide bonds. The number of piperazine rings is 1. The van der Waals surface area contributed by atoms with Crippen molar-refractivity contribution < 1.29 is 16.8 Å². The molecule has 1 N–H and O–H groups in total. The number of sulfonamides is 1. The largest absolute Gasteiger partial charge is 0.315 e. The second kappa shape index (κ2) is 6.24. The van der Waals surface area contributed by atoms with Gasteiger partial charge in [0.1, 0.15) is 0 Å². The SMILES string of the molecule is CS(=O)(=O)N1CCN(S(=O)(=O)N2CCCNCC2)CC1. The van der Waals surface area contributed by atoms with Crippen molar-refractivity contribution in [3.8, 4) is 0 Å². The lowest BCUT2D eigenvalue weighted by atomic mass is 10.4. The maximum Gasteiger partial charge on any atom is 0.282 e. The van der Waals surface area contributed by atoms with E-state index in [0.717, 1.165) is 19.2 Å². The van der Waals surface area contributed by atoms with E-state index in [9.17, 15) is 16.8 Å². The molecule has 0 radical (unpaired) electrons. The van der Waals surface area contributed by atoms with Gasteiger partial charge in [0.05, 0.1) is 6.26 Å². The standard InChI is InChI=1S/C10H22N4O4S2/c1-19(15,16)12-7-9-14(10-8-12)20(17,18)13-5-2-3-11-4-6-13/h11H,2-10H2,1H3. The van der Waals surface area contributed by atoms with Crippen LogP contribution in [0.3, 0.4) is 0 Å². The Morgan fingerprint density at radius 3 is 1.90 bits per heavy atom. The van der Waals surface area contributed by atoms with Crippen molar-refractivity contribution in [2.45, 2.75) is 6.42 Å². The van der Waals surface area contributed by atoms with Crippen LogP contribution in [0.5, 0.6) is 0 Å². The van der Waals surface area contributed by atoms with Crippen LogP contribution < -0.4 is 5.32 Å². The van der Waals surface area contributed by atoms with Crippen molar-refractivity contribution in [3.05, 3.63) is 0 Å². The molecule has 20 heavy (non-hydrogen) atoms. The van der Waals surface area contributed by atoms with E-state index in [0.29, 0.717) is 19.6 Å². The van der Waals surface area contributed by atoms with Crippen molar-refractivity contribution in [3.63, 3.8) is 0 Å². The average Bonchev–Trinajstić information content (AvgIpc) is 2.67. The van der Waals surface area contributed by atoms with Gasteiger partial charge in [-0.1, -0.05) is 0 Å². The van der Waals surface area contributed by atoms with Gasteiger partial charge in [0.25, 0.3) is 10.2 Å². The third kappa shape index (κ3) is 3.68. The van der Waals surface area contributed by atoms with E-state index in [1.807, 2.05) is 0 Å². The predicted octanol–water partition coefficient (Wildman–Crippen LogP) is -1.90. The predicted molar refractivity (Wildman–Crippen MR) is 76.0 cm³/mol. The Morgan fingerprint density at radius 1 is 0.750 bits per heavy atom. The summed E-state index contributed by atoms with van der Waals surface area (Å²) in [6, 6.07) is 0. The first-order valence-corrected chi connectivity index (χ1v) is 9.97. The quantitative estimate of drug-likeness (QED) is 0.654. The van der Waals surface area contributed by atoms with Gasteiger partial charge in [-0.25, -0.2) is 8.42 Å². The zero-order valence-corrected chi connectivity index (χ0v) is 13.3. The number of hydrogen-bond donors (Lipinski definition) is 1. The van der Waals surface area contributed by atoms with Crippen molar-refractivity contribution in [2.24, 2.45) is 0 Å². The van der Waals surface area contributed by atoms with Crippen LogP contribution in [-0.2, 0) is 20.2 Å². The first-order chi connectivity index (χ1) is 9.32. The molecular weight excluding hydrogens is 304 g/mol. The van der Waals surface area contributed by atoms with Crippen molar-refractivity contribution in [2.75, 3.05) is 58.6 Å². The van der Waals surface area contributed by atoms with Gasteiger partial charge in [-0.3, -0.25) is 0 Å². The van der Waals surface area contributed by atoms with Crippen LogP contribution in [0.1, 0.15) is 6.42 Å². The number of rotatable bonds is 3. The summed E-state index contributed by atoms with van der Waals surface area (Å²) in [4.78, 5) is 0. The Balaban J connectivity index is 2.01. The van der Waals surface area contributed by atoms with Crippen LogP contribution in [0.4, 0.5) is 0 Å². The molecule has 0 aliphatic carbocycles. The highest BCUT2D eigenvalue weighted by Gasteiger charge is 2.34. The van der Waals surface area contributed by atoms with Crippen LogP contribution >= 0.6 is 0 Å². The van der Waals surface area contributed by atoms with Crippen molar-refractivity contribution in [1.82, 2.24) is 18.2 Å². The Labute approximate surface area is 120 Å². The zero-order valence-electron chi connectivity index (χ0n) is 11.7. The summed E-state index contributed by atoms with van der Waals surface area (Å²) in [5.74, 6) is 0.